The van der Waals surface area contributed by atoms with Crippen LogP contribution in [0.3, 0.4) is 0 Å². The van der Waals surface area contributed by atoms with Crippen LogP contribution in [0.5, 0.6) is 0 Å². The normalized spacial score (nSPS) is 18.6. The fourth-order valence-electron chi connectivity index (χ4n) is 1.93. The highest BCUT2D eigenvalue weighted by Crippen LogP contribution is 2.19. The van der Waals surface area contributed by atoms with Crippen molar-refractivity contribution in [2.75, 3.05) is 23.9 Å². The predicted octanol–water partition coefficient (Wildman–Crippen LogP) is 1.88. The molecule has 0 aliphatic carbocycles. The number of thioether (sulfide) groups is 1. The van der Waals surface area contributed by atoms with Gasteiger partial charge < -0.3 is 10.6 Å². The number of anilines is 1. The van der Waals surface area contributed by atoms with Gasteiger partial charge in [0.05, 0.1) is 11.9 Å². The highest BCUT2D eigenvalue weighted by molar-refractivity contribution is 7.99. The van der Waals surface area contributed by atoms with Crippen molar-refractivity contribution in [3.63, 3.8) is 0 Å². The molecular formula is C13H20N4OS. The van der Waals surface area contributed by atoms with Crippen LogP contribution in [0.4, 0.5) is 5.69 Å². The van der Waals surface area contributed by atoms with E-state index in [1.807, 2.05) is 25.6 Å². The summed E-state index contributed by atoms with van der Waals surface area (Å²) in [5.74, 6) is 2.90. The molecule has 0 spiro atoms. The van der Waals surface area contributed by atoms with Crippen LogP contribution in [0.25, 0.3) is 0 Å². The molecule has 2 heterocycles. The number of rotatable bonds is 4. The molecule has 104 valence electrons. The van der Waals surface area contributed by atoms with Crippen molar-refractivity contribution in [3.05, 3.63) is 17.7 Å². The van der Waals surface area contributed by atoms with Crippen LogP contribution in [0.15, 0.2) is 6.20 Å². The molecule has 1 fully saturated rings. The maximum absolute atomic E-state index is 12.3. The molecule has 2 N–H and O–H groups in total. The van der Waals surface area contributed by atoms with Crippen LogP contribution >= 0.6 is 11.8 Å². The summed E-state index contributed by atoms with van der Waals surface area (Å²) >= 11 is 1.87. The summed E-state index contributed by atoms with van der Waals surface area (Å²) in [5.41, 5.74) is 1.12. The standard InChI is InChI=1S/C13H20N4OS/c1-8(2)12-15-6-10(14-3)11(17-12)13(18)16-9-4-5-19-7-9/h6,8-9,14H,4-5,7H2,1-3H3,(H,16,18). The van der Waals surface area contributed by atoms with E-state index >= 15 is 0 Å². The van der Waals surface area contributed by atoms with Crippen LogP contribution in [-0.4, -0.2) is 40.5 Å². The number of hydrogen-bond donors (Lipinski definition) is 2. The largest absolute Gasteiger partial charge is 0.385 e. The fourth-order valence-corrected chi connectivity index (χ4v) is 3.08. The smallest absolute Gasteiger partial charge is 0.272 e. The van der Waals surface area contributed by atoms with Crippen molar-refractivity contribution < 1.29 is 4.79 Å². The molecule has 0 radical (unpaired) electrons. The van der Waals surface area contributed by atoms with E-state index in [9.17, 15) is 4.79 Å². The average molecular weight is 280 g/mol. The summed E-state index contributed by atoms with van der Waals surface area (Å²) in [5, 5.41) is 6.02. The first-order chi connectivity index (χ1) is 9.11. The first-order valence-electron chi connectivity index (χ1n) is 6.55. The van der Waals surface area contributed by atoms with E-state index in [1.165, 1.54) is 0 Å². The molecule has 1 aliphatic rings. The van der Waals surface area contributed by atoms with Gasteiger partial charge in [0.1, 0.15) is 5.82 Å². The minimum atomic E-state index is -0.110. The van der Waals surface area contributed by atoms with Gasteiger partial charge >= 0.3 is 0 Å². The Balaban J connectivity index is 2.20. The molecule has 2 rings (SSSR count). The third-order valence-corrected chi connectivity index (χ3v) is 4.24. The lowest BCUT2D eigenvalue weighted by Crippen LogP contribution is -2.35. The first-order valence-corrected chi connectivity index (χ1v) is 7.70. The minimum absolute atomic E-state index is 0.110. The molecule has 6 heteroatoms. The Hall–Kier alpha value is -1.30. The zero-order valence-electron chi connectivity index (χ0n) is 11.6. The zero-order chi connectivity index (χ0) is 13.8. The SMILES string of the molecule is CNc1cnc(C(C)C)nc1C(=O)NC1CCSC1. The summed E-state index contributed by atoms with van der Waals surface area (Å²) < 4.78 is 0. The van der Waals surface area contributed by atoms with Gasteiger partial charge in [-0.05, 0) is 12.2 Å². The van der Waals surface area contributed by atoms with Gasteiger partial charge in [-0.3, -0.25) is 4.79 Å². The maximum atomic E-state index is 12.3. The molecular weight excluding hydrogens is 260 g/mol. The number of aromatic nitrogens is 2. The van der Waals surface area contributed by atoms with Crippen LogP contribution in [0, 0.1) is 0 Å². The molecule has 1 aromatic heterocycles. The van der Waals surface area contributed by atoms with E-state index in [-0.39, 0.29) is 17.9 Å². The van der Waals surface area contributed by atoms with E-state index in [0.29, 0.717) is 17.2 Å². The predicted molar refractivity (Wildman–Crippen MR) is 78.9 cm³/mol. The van der Waals surface area contributed by atoms with Gasteiger partial charge in [-0.15, -0.1) is 0 Å². The summed E-state index contributed by atoms with van der Waals surface area (Å²) in [6.45, 7) is 4.04. The van der Waals surface area contributed by atoms with Crippen LogP contribution in [-0.2, 0) is 0 Å². The molecule has 1 unspecified atom stereocenters. The molecule has 5 nitrogen and oxygen atoms in total. The van der Waals surface area contributed by atoms with E-state index in [4.69, 9.17) is 0 Å². The van der Waals surface area contributed by atoms with Gasteiger partial charge in [0.25, 0.3) is 5.91 Å². The lowest BCUT2D eigenvalue weighted by Gasteiger charge is -2.14. The van der Waals surface area contributed by atoms with Gasteiger partial charge in [-0.1, -0.05) is 13.8 Å². The maximum Gasteiger partial charge on any atom is 0.272 e. The molecule has 19 heavy (non-hydrogen) atoms. The van der Waals surface area contributed by atoms with Gasteiger partial charge in [-0.25, -0.2) is 9.97 Å². The zero-order valence-corrected chi connectivity index (χ0v) is 12.4. The van der Waals surface area contributed by atoms with Crippen LogP contribution < -0.4 is 10.6 Å². The second-order valence-corrected chi connectivity index (χ2v) is 6.08. The lowest BCUT2D eigenvalue weighted by atomic mass is 10.2. The Morgan fingerprint density at radius 1 is 1.53 bits per heavy atom. The Morgan fingerprint density at radius 2 is 2.32 bits per heavy atom. The molecule has 1 saturated heterocycles. The highest BCUT2D eigenvalue weighted by Gasteiger charge is 2.21. The highest BCUT2D eigenvalue weighted by atomic mass is 32.2. The summed E-state index contributed by atoms with van der Waals surface area (Å²) in [7, 11) is 1.77. The topological polar surface area (TPSA) is 66.9 Å². The number of nitrogens with one attached hydrogen (secondary N) is 2. The molecule has 1 amide bonds. The molecule has 0 saturated carbocycles. The van der Waals surface area contributed by atoms with Crippen molar-refractivity contribution in [1.29, 1.82) is 0 Å². The van der Waals surface area contributed by atoms with Gasteiger partial charge in [-0.2, -0.15) is 11.8 Å². The molecule has 0 bridgehead atoms. The second kappa shape index (κ2) is 6.23. The van der Waals surface area contributed by atoms with Crippen LogP contribution in [0.2, 0.25) is 0 Å². The van der Waals surface area contributed by atoms with Gasteiger partial charge in [0.2, 0.25) is 0 Å². The van der Waals surface area contributed by atoms with Gasteiger partial charge in [0, 0.05) is 24.8 Å². The Morgan fingerprint density at radius 3 is 2.89 bits per heavy atom. The van der Waals surface area contributed by atoms with E-state index in [0.717, 1.165) is 17.9 Å². The second-order valence-electron chi connectivity index (χ2n) is 4.93. The summed E-state index contributed by atoms with van der Waals surface area (Å²) in [4.78, 5) is 21.0. The molecule has 1 aliphatic heterocycles. The van der Waals surface area contributed by atoms with Crippen molar-refractivity contribution in [2.45, 2.75) is 32.2 Å². The third kappa shape index (κ3) is 3.37. The average Bonchev–Trinajstić information content (AvgIpc) is 2.90. The minimum Gasteiger partial charge on any atom is -0.385 e. The monoisotopic (exact) mass is 280 g/mol. The van der Waals surface area contributed by atoms with E-state index in [2.05, 4.69) is 20.6 Å². The van der Waals surface area contributed by atoms with E-state index < -0.39 is 0 Å². The summed E-state index contributed by atoms with van der Waals surface area (Å²) in [6, 6.07) is 0.264. The number of hydrogen-bond acceptors (Lipinski definition) is 5. The van der Waals surface area contributed by atoms with Crippen LogP contribution in [0.1, 0.15) is 42.5 Å². The van der Waals surface area contributed by atoms with Crippen molar-refractivity contribution in [3.8, 4) is 0 Å². The Kier molecular flexibility index (Phi) is 4.63. The Labute approximate surface area is 118 Å². The number of amides is 1. The number of nitrogens with zero attached hydrogens (tertiary/aromatic N) is 2. The van der Waals surface area contributed by atoms with Crippen molar-refractivity contribution in [1.82, 2.24) is 15.3 Å². The van der Waals surface area contributed by atoms with E-state index in [1.54, 1.807) is 13.2 Å². The molecule has 1 atom stereocenters. The molecule has 1 aromatic rings. The van der Waals surface area contributed by atoms with Crippen molar-refractivity contribution in [2.24, 2.45) is 0 Å². The fraction of sp³-hybridized carbons (Fsp3) is 0.615. The number of carbonyl (C=O) groups excluding carboxylic acids is 1. The summed E-state index contributed by atoms with van der Waals surface area (Å²) in [6.07, 6.45) is 2.72. The first kappa shape index (κ1) is 14.1. The van der Waals surface area contributed by atoms with Crippen molar-refractivity contribution >= 4 is 23.4 Å². The lowest BCUT2D eigenvalue weighted by molar-refractivity contribution is 0.0936. The molecule has 0 aromatic carbocycles. The van der Waals surface area contributed by atoms with Gasteiger partial charge in [0.15, 0.2) is 5.69 Å². The number of carbonyl (C=O) groups is 1. The Bertz CT molecular complexity index is 458. The third-order valence-electron chi connectivity index (χ3n) is 3.07. The quantitative estimate of drug-likeness (QED) is 0.881.